The summed E-state index contributed by atoms with van der Waals surface area (Å²) in [6, 6.07) is 12.4. The van der Waals surface area contributed by atoms with Gasteiger partial charge in [-0.15, -0.1) is 0 Å². The lowest BCUT2D eigenvalue weighted by molar-refractivity contribution is -0.142. The van der Waals surface area contributed by atoms with Gasteiger partial charge in [0.15, 0.2) is 6.61 Å². The van der Waals surface area contributed by atoms with Crippen LogP contribution in [0.5, 0.6) is 5.75 Å². The van der Waals surface area contributed by atoms with Crippen LogP contribution in [0, 0.1) is 13.8 Å². The Balaban J connectivity index is 2.17. The van der Waals surface area contributed by atoms with Gasteiger partial charge in [-0.2, -0.15) is 0 Å². The summed E-state index contributed by atoms with van der Waals surface area (Å²) in [7, 11) is 0. The molecular weight excluding hydrogens is 388 g/mol. The van der Waals surface area contributed by atoms with E-state index in [0.717, 1.165) is 16.7 Å². The number of aryl methyl sites for hydroxylation is 2. The molecule has 6 heteroatoms. The minimum atomic E-state index is -0.636. The second kappa shape index (κ2) is 10.3. The largest absolute Gasteiger partial charge is 0.483 e. The average Bonchev–Trinajstić information content (AvgIpc) is 2.67. The molecule has 0 saturated heterocycles. The third kappa shape index (κ3) is 6.79. The van der Waals surface area contributed by atoms with Crippen molar-refractivity contribution in [3.63, 3.8) is 0 Å². The summed E-state index contributed by atoms with van der Waals surface area (Å²) in [5, 5.41) is 3.49. The second-order valence-corrected chi connectivity index (χ2v) is 7.98. The standard InChI is InChI=1S/C23H29ClN2O3/c1-15(2)25-23(28)18(5)26(13-19-8-10-20(24)11-9-19)22(27)14-29-21-12-16(3)6-7-17(21)4/h6-12,15,18H,13-14H2,1-5H3,(H,25,28). The lowest BCUT2D eigenvalue weighted by atomic mass is 10.1. The summed E-state index contributed by atoms with van der Waals surface area (Å²) >= 11 is 5.96. The molecule has 0 aliphatic heterocycles. The van der Waals surface area contributed by atoms with Crippen LogP contribution in [0.3, 0.4) is 0 Å². The highest BCUT2D eigenvalue weighted by Crippen LogP contribution is 2.20. The first kappa shape index (κ1) is 22.8. The molecule has 156 valence electrons. The Morgan fingerprint density at radius 2 is 1.72 bits per heavy atom. The molecule has 2 rings (SSSR count). The van der Waals surface area contributed by atoms with E-state index in [1.165, 1.54) is 4.90 Å². The summed E-state index contributed by atoms with van der Waals surface area (Å²) in [5.74, 6) is 0.213. The number of benzene rings is 2. The summed E-state index contributed by atoms with van der Waals surface area (Å²) < 4.78 is 5.78. The summed E-state index contributed by atoms with van der Waals surface area (Å²) in [4.78, 5) is 27.1. The van der Waals surface area contributed by atoms with Crippen LogP contribution < -0.4 is 10.1 Å². The summed E-state index contributed by atoms with van der Waals surface area (Å²) in [6.45, 7) is 9.56. The molecule has 0 heterocycles. The Hall–Kier alpha value is -2.53. The molecule has 2 aromatic rings. The molecule has 2 aromatic carbocycles. The molecule has 1 N–H and O–H groups in total. The highest BCUT2D eigenvalue weighted by molar-refractivity contribution is 6.30. The SMILES string of the molecule is Cc1ccc(C)c(OCC(=O)N(Cc2ccc(Cl)cc2)C(C)C(=O)NC(C)C)c1. The van der Waals surface area contributed by atoms with Crippen molar-refractivity contribution in [3.8, 4) is 5.75 Å². The van der Waals surface area contributed by atoms with Crippen molar-refractivity contribution in [1.82, 2.24) is 10.2 Å². The molecule has 0 fully saturated rings. The van der Waals surface area contributed by atoms with E-state index in [2.05, 4.69) is 5.32 Å². The molecule has 29 heavy (non-hydrogen) atoms. The first-order valence-corrected chi connectivity index (χ1v) is 10.1. The zero-order valence-electron chi connectivity index (χ0n) is 17.7. The molecule has 0 spiro atoms. The van der Waals surface area contributed by atoms with Gasteiger partial charge in [-0.05, 0) is 69.5 Å². The van der Waals surface area contributed by atoms with Crippen molar-refractivity contribution in [3.05, 3.63) is 64.2 Å². The summed E-state index contributed by atoms with van der Waals surface area (Å²) in [6.07, 6.45) is 0. The Labute approximate surface area is 178 Å². The van der Waals surface area contributed by atoms with Gasteiger partial charge in [-0.25, -0.2) is 0 Å². The van der Waals surface area contributed by atoms with Crippen LogP contribution in [0.15, 0.2) is 42.5 Å². The fourth-order valence-electron chi connectivity index (χ4n) is 2.86. The molecular formula is C23H29ClN2O3. The minimum Gasteiger partial charge on any atom is -0.483 e. The number of carbonyl (C=O) groups is 2. The van der Waals surface area contributed by atoms with Crippen LogP contribution in [-0.4, -0.2) is 35.4 Å². The van der Waals surface area contributed by atoms with Crippen molar-refractivity contribution >= 4 is 23.4 Å². The molecule has 2 amide bonds. The van der Waals surface area contributed by atoms with Crippen LogP contribution in [0.25, 0.3) is 0 Å². The van der Waals surface area contributed by atoms with Gasteiger partial charge in [0, 0.05) is 17.6 Å². The number of ether oxygens (including phenoxy) is 1. The van der Waals surface area contributed by atoms with Gasteiger partial charge < -0.3 is 15.0 Å². The zero-order chi connectivity index (χ0) is 21.6. The Morgan fingerprint density at radius 1 is 1.07 bits per heavy atom. The lowest BCUT2D eigenvalue weighted by Crippen LogP contribution is -2.50. The smallest absolute Gasteiger partial charge is 0.261 e. The normalized spacial score (nSPS) is 11.8. The maximum atomic E-state index is 13.0. The third-order valence-electron chi connectivity index (χ3n) is 4.56. The van der Waals surface area contributed by atoms with Gasteiger partial charge in [0.2, 0.25) is 5.91 Å². The highest BCUT2D eigenvalue weighted by Gasteiger charge is 2.27. The number of carbonyl (C=O) groups excluding carboxylic acids is 2. The van der Waals surface area contributed by atoms with Crippen LogP contribution in [0.1, 0.15) is 37.5 Å². The number of halogens is 1. The van der Waals surface area contributed by atoms with Crippen molar-refractivity contribution in [1.29, 1.82) is 0 Å². The topological polar surface area (TPSA) is 58.6 Å². The van der Waals surface area contributed by atoms with Crippen molar-refractivity contribution in [2.75, 3.05) is 6.61 Å². The lowest BCUT2D eigenvalue weighted by Gasteiger charge is -2.29. The molecule has 1 unspecified atom stereocenters. The maximum absolute atomic E-state index is 13.0. The van der Waals surface area contributed by atoms with E-state index in [9.17, 15) is 9.59 Å². The Morgan fingerprint density at radius 3 is 2.34 bits per heavy atom. The van der Waals surface area contributed by atoms with Gasteiger partial charge in [-0.3, -0.25) is 9.59 Å². The first-order chi connectivity index (χ1) is 13.7. The van der Waals surface area contributed by atoms with E-state index >= 15 is 0 Å². The number of nitrogens with one attached hydrogen (secondary N) is 1. The van der Waals surface area contributed by atoms with Crippen LogP contribution in [-0.2, 0) is 16.1 Å². The molecule has 0 saturated carbocycles. The van der Waals surface area contributed by atoms with E-state index in [0.29, 0.717) is 17.3 Å². The predicted molar refractivity (Wildman–Crippen MR) is 116 cm³/mol. The van der Waals surface area contributed by atoms with Gasteiger partial charge >= 0.3 is 0 Å². The number of nitrogens with zero attached hydrogens (tertiary/aromatic N) is 1. The van der Waals surface area contributed by atoms with Gasteiger partial charge in [0.05, 0.1) is 0 Å². The fraction of sp³-hybridized carbons (Fsp3) is 0.391. The van der Waals surface area contributed by atoms with E-state index in [1.807, 2.05) is 58.0 Å². The molecule has 0 aliphatic rings. The van der Waals surface area contributed by atoms with Crippen molar-refractivity contribution < 1.29 is 14.3 Å². The third-order valence-corrected chi connectivity index (χ3v) is 4.81. The van der Waals surface area contributed by atoms with Crippen LogP contribution in [0.4, 0.5) is 0 Å². The fourth-order valence-corrected chi connectivity index (χ4v) is 2.99. The van der Waals surface area contributed by atoms with E-state index in [-0.39, 0.29) is 24.5 Å². The molecule has 1 atom stereocenters. The molecule has 0 bridgehead atoms. The highest BCUT2D eigenvalue weighted by atomic mass is 35.5. The first-order valence-electron chi connectivity index (χ1n) is 9.71. The van der Waals surface area contributed by atoms with Gasteiger partial charge in [-0.1, -0.05) is 35.9 Å². The Bertz CT molecular complexity index is 850. The predicted octanol–water partition coefficient (Wildman–Crippen LogP) is 4.28. The molecule has 5 nitrogen and oxygen atoms in total. The maximum Gasteiger partial charge on any atom is 0.261 e. The monoisotopic (exact) mass is 416 g/mol. The average molecular weight is 417 g/mol. The van der Waals surface area contributed by atoms with Crippen LogP contribution in [0.2, 0.25) is 5.02 Å². The summed E-state index contributed by atoms with van der Waals surface area (Å²) in [5.41, 5.74) is 2.90. The zero-order valence-corrected chi connectivity index (χ0v) is 18.4. The Kier molecular flexibility index (Phi) is 8.09. The van der Waals surface area contributed by atoms with E-state index < -0.39 is 6.04 Å². The number of hydrogen-bond donors (Lipinski definition) is 1. The van der Waals surface area contributed by atoms with Crippen molar-refractivity contribution in [2.45, 2.75) is 53.2 Å². The van der Waals surface area contributed by atoms with E-state index in [4.69, 9.17) is 16.3 Å². The number of rotatable bonds is 8. The quantitative estimate of drug-likeness (QED) is 0.698. The molecule has 0 aliphatic carbocycles. The second-order valence-electron chi connectivity index (χ2n) is 7.54. The van der Waals surface area contributed by atoms with Gasteiger partial charge in [0.25, 0.3) is 5.91 Å². The number of amides is 2. The minimum absolute atomic E-state index is 0.0105. The van der Waals surface area contributed by atoms with Gasteiger partial charge in [0.1, 0.15) is 11.8 Å². The number of hydrogen-bond acceptors (Lipinski definition) is 3. The van der Waals surface area contributed by atoms with E-state index in [1.54, 1.807) is 19.1 Å². The molecule has 0 aromatic heterocycles. The van der Waals surface area contributed by atoms with Crippen LogP contribution >= 0.6 is 11.6 Å². The molecule has 0 radical (unpaired) electrons. The van der Waals surface area contributed by atoms with Crippen molar-refractivity contribution in [2.24, 2.45) is 0 Å².